The van der Waals surface area contributed by atoms with Gasteiger partial charge in [0.2, 0.25) is 0 Å². The van der Waals surface area contributed by atoms with Crippen LogP contribution in [0.15, 0.2) is 24.3 Å². The first-order valence-electron chi connectivity index (χ1n) is 10.2. The fourth-order valence-electron chi connectivity index (χ4n) is 3.99. The van der Waals surface area contributed by atoms with E-state index in [9.17, 15) is 0 Å². The molecule has 1 aromatic heterocycles. The highest BCUT2D eigenvalue weighted by Gasteiger charge is 2.21. The third kappa shape index (κ3) is 5.06. The Morgan fingerprint density at radius 2 is 1.88 bits per heavy atom. The third-order valence-electron chi connectivity index (χ3n) is 5.04. The number of unbranched alkanes of at least 4 members (excludes halogenated alkanes) is 1. The maximum atomic E-state index is 5.80. The average Bonchev–Trinajstić information content (AvgIpc) is 2.95. The van der Waals surface area contributed by atoms with E-state index in [2.05, 4.69) is 59.8 Å². The van der Waals surface area contributed by atoms with Gasteiger partial charge < -0.3 is 14.6 Å². The van der Waals surface area contributed by atoms with Crippen LogP contribution in [-0.4, -0.2) is 52.8 Å². The number of fused-ring (bicyclic) bond motifs is 1. The smallest absolute Gasteiger partial charge is 0.123 e. The molecule has 1 aromatic carbocycles. The number of aryl methyl sites for hydroxylation is 1. The lowest BCUT2D eigenvalue weighted by molar-refractivity contribution is -0.0681. The van der Waals surface area contributed by atoms with Gasteiger partial charge >= 0.3 is 0 Å². The molecule has 1 aliphatic heterocycles. The molecule has 2 aromatic rings. The molecule has 5 heteroatoms. The second kappa shape index (κ2) is 9.49. The fraction of sp³-hybridized carbons (Fsp3) is 0.667. The lowest BCUT2D eigenvalue weighted by Gasteiger charge is -2.35. The Morgan fingerprint density at radius 3 is 2.65 bits per heavy atom. The molecule has 1 aliphatic rings. The van der Waals surface area contributed by atoms with Gasteiger partial charge in [-0.05, 0) is 58.3 Å². The van der Waals surface area contributed by atoms with E-state index >= 15 is 0 Å². The fourth-order valence-corrected chi connectivity index (χ4v) is 3.99. The van der Waals surface area contributed by atoms with Crippen molar-refractivity contribution in [2.75, 3.05) is 26.2 Å². The number of para-hydroxylation sites is 2. The molecular weight excluding hydrogens is 324 g/mol. The quantitative estimate of drug-likeness (QED) is 0.698. The first-order valence-corrected chi connectivity index (χ1v) is 10.2. The lowest BCUT2D eigenvalue weighted by atomic mass is 10.2. The number of imidazole rings is 1. The number of hydrogen-bond donors (Lipinski definition) is 1. The summed E-state index contributed by atoms with van der Waals surface area (Å²) in [5, 5.41) is 3.59. The summed E-state index contributed by atoms with van der Waals surface area (Å²) in [5.74, 6) is 1.16. The summed E-state index contributed by atoms with van der Waals surface area (Å²) in [4.78, 5) is 7.36. The summed E-state index contributed by atoms with van der Waals surface area (Å²) in [6, 6.07) is 8.44. The van der Waals surface area contributed by atoms with Gasteiger partial charge in [-0.15, -0.1) is 0 Å². The van der Waals surface area contributed by atoms with Crippen LogP contribution in [0.3, 0.4) is 0 Å². The standard InChI is InChI=1S/C21H34N4O/c1-4-12-25-20-10-6-5-9-19(20)23-21(25)14-22-11-7-8-13-24-15-17(2)26-18(3)16-24/h5-6,9-10,17-18,22H,4,7-8,11-16H2,1-3H3. The largest absolute Gasteiger partial charge is 0.373 e. The molecule has 0 bridgehead atoms. The van der Waals surface area contributed by atoms with Gasteiger partial charge in [0, 0.05) is 19.6 Å². The number of hydrogen-bond acceptors (Lipinski definition) is 4. The summed E-state index contributed by atoms with van der Waals surface area (Å²) < 4.78 is 8.16. The molecule has 1 fully saturated rings. The highest BCUT2D eigenvalue weighted by molar-refractivity contribution is 5.75. The molecule has 5 nitrogen and oxygen atoms in total. The van der Waals surface area contributed by atoms with Crippen LogP contribution in [0.2, 0.25) is 0 Å². The van der Waals surface area contributed by atoms with Gasteiger partial charge in [0.25, 0.3) is 0 Å². The van der Waals surface area contributed by atoms with E-state index in [4.69, 9.17) is 9.72 Å². The Balaban J connectivity index is 1.41. The summed E-state index contributed by atoms with van der Waals surface area (Å²) in [6.45, 7) is 12.8. The molecule has 0 spiro atoms. The zero-order valence-corrected chi connectivity index (χ0v) is 16.6. The number of rotatable bonds is 9. The van der Waals surface area contributed by atoms with Crippen LogP contribution in [0.5, 0.6) is 0 Å². The van der Waals surface area contributed by atoms with Gasteiger partial charge in [-0.3, -0.25) is 4.90 Å². The van der Waals surface area contributed by atoms with Crippen LogP contribution >= 0.6 is 0 Å². The second-order valence-corrected chi connectivity index (χ2v) is 7.57. The van der Waals surface area contributed by atoms with E-state index in [-0.39, 0.29) is 0 Å². The van der Waals surface area contributed by atoms with Gasteiger partial charge in [0.05, 0.1) is 29.8 Å². The predicted octanol–water partition coefficient (Wildman–Crippen LogP) is 3.43. The van der Waals surface area contributed by atoms with Gasteiger partial charge in [-0.2, -0.15) is 0 Å². The molecule has 0 saturated carbocycles. The Hall–Kier alpha value is -1.43. The van der Waals surface area contributed by atoms with Gasteiger partial charge in [-0.1, -0.05) is 19.1 Å². The molecule has 2 heterocycles. The zero-order chi connectivity index (χ0) is 18.4. The molecule has 0 aliphatic carbocycles. The first-order chi connectivity index (χ1) is 12.7. The normalized spacial score (nSPS) is 21.5. The molecule has 144 valence electrons. The molecule has 3 rings (SSSR count). The Labute approximate surface area is 157 Å². The van der Waals surface area contributed by atoms with Crippen molar-refractivity contribution in [2.45, 2.75) is 65.3 Å². The van der Waals surface area contributed by atoms with Gasteiger partial charge in [-0.25, -0.2) is 4.98 Å². The van der Waals surface area contributed by atoms with Crippen molar-refractivity contribution in [1.82, 2.24) is 19.8 Å². The minimum Gasteiger partial charge on any atom is -0.373 e. The number of morpholine rings is 1. The zero-order valence-electron chi connectivity index (χ0n) is 16.6. The Bertz CT molecular complexity index is 674. The number of nitrogens with one attached hydrogen (secondary N) is 1. The lowest BCUT2D eigenvalue weighted by Crippen LogP contribution is -2.45. The van der Waals surface area contributed by atoms with Gasteiger partial charge in [0.15, 0.2) is 0 Å². The Morgan fingerprint density at radius 1 is 1.12 bits per heavy atom. The maximum Gasteiger partial charge on any atom is 0.123 e. The van der Waals surface area contributed by atoms with Crippen LogP contribution in [0, 0.1) is 0 Å². The van der Waals surface area contributed by atoms with Crippen molar-refractivity contribution in [3.05, 3.63) is 30.1 Å². The van der Waals surface area contributed by atoms with Crippen molar-refractivity contribution in [3.8, 4) is 0 Å². The summed E-state index contributed by atoms with van der Waals surface area (Å²) in [6.07, 6.45) is 4.29. The van der Waals surface area contributed by atoms with Crippen LogP contribution in [0.4, 0.5) is 0 Å². The number of benzene rings is 1. The van der Waals surface area contributed by atoms with Crippen molar-refractivity contribution < 1.29 is 4.74 Å². The van der Waals surface area contributed by atoms with Crippen molar-refractivity contribution in [1.29, 1.82) is 0 Å². The topological polar surface area (TPSA) is 42.3 Å². The van der Waals surface area contributed by atoms with E-state index < -0.39 is 0 Å². The molecule has 1 saturated heterocycles. The summed E-state index contributed by atoms with van der Waals surface area (Å²) in [5.41, 5.74) is 2.36. The van der Waals surface area contributed by atoms with Crippen LogP contribution in [0.25, 0.3) is 11.0 Å². The number of aromatic nitrogens is 2. The van der Waals surface area contributed by atoms with Gasteiger partial charge in [0.1, 0.15) is 5.82 Å². The van der Waals surface area contributed by atoms with E-state index in [0.29, 0.717) is 12.2 Å². The number of ether oxygens (including phenoxy) is 1. The van der Waals surface area contributed by atoms with E-state index in [1.54, 1.807) is 0 Å². The molecular formula is C21H34N4O. The predicted molar refractivity (Wildman–Crippen MR) is 107 cm³/mol. The SMILES string of the molecule is CCCn1c(CNCCCCN2CC(C)OC(C)C2)nc2ccccc21. The third-order valence-corrected chi connectivity index (χ3v) is 5.04. The van der Waals surface area contributed by atoms with E-state index in [0.717, 1.165) is 50.5 Å². The molecule has 1 N–H and O–H groups in total. The monoisotopic (exact) mass is 358 g/mol. The van der Waals surface area contributed by atoms with Crippen molar-refractivity contribution in [2.24, 2.45) is 0 Å². The molecule has 0 radical (unpaired) electrons. The molecule has 26 heavy (non-hydrogen) atoms. The number of nitrogens with zero attached hydrogens (tertiary/aromatic N) is 3. The molecule has 2 unspecified atom stereocenters. The summed E-state index contributed by atoms with van der Waals surface area (Å²) in [7, 11) is 0. The highest BCUT2D eigenvalue weighted by Crippen LogP contribution is 2.16. The second-order valence-electron chi connectivity index (χ2n) is 7.57. The highest BCUT2D eigenvalue weighted by atomic mass is 16.5. The van der Waals surface area contributed by atoms with Crippen molar-refractivity contribution in [3.63, 3.8) is 0 Å². The summed E-state index contributed by atoms with van der Waals surface area (Å²) >= 11 is 0. The van der Waals surface area contributed by atoms with Crippen LogP contribution in [-0.2, 0) is 17.8 Å². The van der Waals surface area contributed by atoms with Crippen LogP contribution in [0.1, 0.15) is 45.9 Å². The Kier molecular flexibility index (Phi) is 7.06. The minimum absolute atomic E-state index is 0.364. The first kappa shape index (κ1) is 19.3. The minimum atomic E-state index is 0.364. The molecule has 0 amide bonds. The van der Waals surface area contributed by atoms with Crippen molar-refractivity contribution >= 4 is 11.0 Å². The maximum absolute atomic E-state index is 5.80. The molecule has 2 atom stereocenters. The van der Waals surface area contributed by atoms with E-state index in [1.165, 1.54) is 24.9 Å². The van der Waals surface area contributed by atoms with Crippen LogP contribution < -0.4 is 5.32 Å². The average molecular weight is 359 g/mol. The van der Waals surface area contributed by atoms with E-state index in [1.807, 2.05) is 0 Å².